The van der Waals surface area contributed by atoms with Gasteiger partial charge in [-0.15, -0.1) is 0 Å². The lowest BCUT2D eigenvalue weighted by Gasteiger charge is -2.25. The molecule has 1 saturated heterocycles. The van der Waals surface area contributed by atoms with Gasteiger partial charge in [0.15, 0.2) is 0 Å². The lowest BCUT2D eigenvalue weighted by molar-refractivity contribution is -0.117. The van der Waals surface area contributed by atoms with Gasteiger partial charge in [0.25, 0.3) is 5.91 Å². The van der Waals surface area contributed by atoms with E-state index in [4.69, 9.17) is 16.3 Å². The molecule has 1 atom stereocenters. The number of imidazole rings is 1. The van der Waals surface area contributed by atoms with E-state index in [0.29, 0.717) is 34.1 Å². The Morgan fingerprint density at radius 1 is 1.13 bits per heavy atom. The maximum Gasteiger partial charge on any atom is 0.255 e. The molecule has 0 spiro atoms. The lowest BCUT2D eigenvalue weighted by Crippen LogP contribution is -2.42. The highest BCUT2D eigenvalue weighted by Gasteiger charge is 2.27. The molecule has 1 fully saturated rings. The van der Waals surface area contributed by atoms with Crippen molar-refractivity contribution in [1.29, 1.82) is 0 Å². The number of ether oxygens (including phenoxy) is 1. The molecule has 4 aromatic rings. The smallest absolute Gasteiger partial charge is 0.255 e. The van der Waals surface area contributed by atoms with Crippen molar-refractivity contribution in [2.24, 2.45) is 0 Å². The molecule has 2 amide bonds. The fraction of sp³-hybridized carbons (Fsp3) is 0.233. The van der Waals surface area contributed by atoms with Crippen LogP contribution in [-0.4, -0.2) is 52.1 Å². The summed E-state index contributed by atoms with van der Waals surface area (Å²) < 4.78 is 21.8. The second-order valence-electron chi connectivity index (χ2n) is 9.47. The molecule has 7 nitrogen and oxygen atoms in total. The summed E-state index contributed by atoms with van der Waals surface area (Å²) in [5.41, 5.74) is 2.78. The first-order chi connectivity index (χ1) is 18.9. The van der Waals surface area contributed by atoms with Gasteiger partial charge in [-0.2, -0.15) is 0 Å². The first-order valence-electron chi connectivity index (χ1n) is 12.8. The Labute approximate surface area is 231 Å². The molecule has 5 rings (SSSR count). The summed E-state index contributed by atoms with van der Waals surface area (Å²) in [6.07, 6.45) is 3.29. The highest BCUT2D eigenvalue weighted by Crippen LogP contribution is 2.26. The van der Waals surface area contributed by atoms with Crippen LogP contribution in [0, 0.1) is 12.7 Å². The predicted octanol–water partition coefficient (Wildman–Crippen LogP) is 5.90. The third-order valence-electron chi connectivity index (χ3n) is 6.63. The Kier molecular flexibility index (Phi) is 8.05. The second kappa shape index (κ2) is 11.8. The van der Waals surface area contributed by atoms with E-state index < -0.39 is 5.91 Å². The molecule has 200 valence electrons. The Hall–Kier alpha value is -4.01. The molecule has 1 N–H and O–H groups in total. The number of nitrogens with zero attached hydrogens (tertiary/aromatic N) is 3. The monoisotopic (exact) mass is 546 g/mol. The molecule has 0 saturated carbocycles. The number of halogens is 2. The summed E-state index contributed by atoms with van der Waals surface area (Å²) in [5, 5.41) is 3.14. The quantitative estimate of drug-likeness (QED) is 0.298. The van der Waals surface area contributed by atoms with Crippen LogP contribution < -0.4 is 5.32 Å². The highest BCUT2D eigenvalue weighted by atomic mass is 35.5. The summed E-state index contributed by atoms with van der Waals surface area (Å²) in [5.74, 6) is -0.968. The number of benzene rings is 3. The zero-order chi connectivity index (χ0) is 27.4. The molecular weight excluding hydrogens is 519 g/mol. The first kappa shape index (κ1) is 26.6. The molecule has 2 heterocycles. The number of hydrogen-bond donors (Lipinski definition) is 1. The molecule has 1 aromatic heterocycles. The van der Waals surface area contributed by atoms with Crippen molar-refractivity contribution < 1.29 is 18.7 Å². The minimum absolute atomic E-state index is 0.161. The van der Waals surface area contributed by atoms with Gasteiger partial charge in [-0.05, 0) is 49.6 Å². The van der Waals surface area contributed by atoms with Crippen LogP contribution in [0.5, 0.6) is 0 Å². The van der Waals surface area contributed by atoms with Gasteiger partial charge < -0.3 is 9.64 Å². The van der Waals surface area contributed by atoms with Crippen LogP contribution in [0.25, 0.3) is 16.9 Å². The van der Waals surface area contributed by atoms with Crippen LogP contribution in [0.15, 0.2) is 79.0 Å². The summed E-state index contributed by atoms with van der Waals surface area (Å²) in [6.45, 7) is 2.33. The van der Waals surface area contributed by atoms with Crippen molar-refractivity contribution in [2.75, 3.05) is 25.0 Å². The van der Waals surface area contributed by atoms with Gasteiger partial charge in [-0.25, -0.2) is 9.37 Å². The van der Waals surface area contributed by atoms with Crippen molar-refractivity contribution in [2.45, 2.75) is 25.9 Å². The van der Waals surface area contributed by atoms with Crippen molar-refractivity contribution in [1.82, 2.24) is 14.5 Å². The molecule has 1 aliphatic rings. The van der Waals surface area contributed by atoms with E-state index in [-0.39, 0.29) is 36.9 Å². The number of carbonyl (C=O) groups is 2. The highest BCUT2D eigenvalue weighted by molar-refractivity contribution is 6.33. The van der Waals surface area contributed by atoms with Crippen molar-refractivity contribution in [3.05, 3.63) is 101 Å². The first-order valence-corrected chi connectivity index (χ1v) is 13.1. The Bertz CT molecular complexity index is 1480. The number of aryl methyl sites for hydroxylation is 1. The van der Waals surface area contributed by atoms with Gasteiger partial charge in [-0.1, -0.05) is 60.1 Å². The van der Waals surface area contributed by atoms with Crippen molar-refractivity contribution in [3.8, 4) is 16.9 Å². The van der Waals surface area contributed by atoms with Crippen LogP contribution >= 0.6 is 11.6 Å². The number of amides is 2. The zero-order valence-electron chi connectivity index (χ0n) is 21.4. The maximum atomic E-state index is 14.4. The van der Waals surface area contributed by atoms with Crippen LogP contribution in [0.2, 0.25) is 5.02 Å². The third-order valence-corrected chi connectivity index (χ3v) is 6.96. The van der Waals surface area contributed by atoms with E-state index in [1.54, 1.807) is 54.1 Å². The second-order valence-corrected chi connectivity index (χ2v) is 9.88. The van der Waals surface area contributed by atoms with Crippen LogP contribution in [0.3, 0.4) is 0 Å². The molecule has 1 unspecified atom stereocenters. The molecular formula is C30H28ClFN4O3. The van der Waals surface area contributed by atoms with Gasteiger partial charge >= 0.3 is 0 Å². The zero-order valence-corrected chi connectivity index (χ0v) is 22.2. The topological polar surface area (TPSA) is 76.5 Å². The Balaban J connectivity index is 1.43. The number of nitrogens with one attached hydrogen (secondary N) is 1. The van der Waals surface area contributed by atoms with E-state index >= 15 is 0 Å². The normalized spacial score (nSPS) is 14.8. The van der Waals surface area contributed by atoms with Gasteiger partial charge in [0.05, 0.1) is 28.1 Å². The average molecular weight is 547 g/mol. The minimum atomic E-state index is -0.451. The number of carbonyl (C=O) groups excluding carboxylic acids is 2. The number of hydrogen-bond acceptors (Lipinski definition) is 4. The van der Waals surface area contributed by atoms with E-state index in [1.807, 2.05) is 30.3 Å². The van der Waals surface area contributed by atoms with Crippen molar-refractivity contribution in [3.63, 3.8) is 0 Å². The summed E-state index contributed by atoms with van der Waals surface area (Å²) >= 11 is 6.30. The van der Waals surface area contributed by atoms with Crippen molar-refractivity contribution >= 4 is 29.4 Å². The fourth-order valence-corrected chi connectivity index (χ4v) is 4.76. The molecule has 3 aromatic carbocycles. The predicted molar refractivity (Wildman–Crippen MR) is 149 cm³/mol. The van der Waals surface area contributed by atoms with E-state index in [0.717, 1.165) is 18.4 Å². The summed E-state index contributed by atoms with van der Waals surface area (Å²) in [6, 6.07) is 21.1. The summed E-state index contributed by atoms with van der Waals surface area (Å²) in [4.78, 5) is 32.9. The molecule has 1 aliphatic heterocycles. The number of anilines is 1. The van der Waals surface area contributed by atoms with Gasteiger partial charge in [-0.3, -0.25) is 19.5 Å². The van der Waals surface area contributed by atoms with Gasteiger partial charge in [0, 0.05) is 24.9 Å². The van der Waals surface area contributed by atoms with E-state index in [1.165, 1.54) is 11.0 Å². The van der Waals surface area contributed by atoms with Gasteiger partial charge in [0.2, 0.25) is 11.9 Å². The molecule has 0 radical (unpaired) electrons. The Morgan fingerprint density at radius 3 is 2.62 bits per heavy atom. The van der Waals surface area contributed by atoms with E-state index in [2.05, 4.69) is 10.3 Å². The number of rotatable bonds is 8. The molecule has 0 aliphatic carbocycles. The molecule has 39 heavy (non-hydrogen) atoms. The largest absolute Gasteiger partial charge is 0.376 e. The number of aromatic nitrogens is 2. The Morgan fingerprint density at radius 2 is 1.90 bits per heavy atom. The minimum Gasteiger partial charge on any atom is -0.376 e. The standard InChI is InChI=1S/C30H28ClFN4O3/c1-20-13-14-22(16-26(20)32)36-18-27(21-8-3-2-4-9-21)33-30(36)34-28(37)19-35(17-23-10-7-15-39-23)29(38)24-11-5-6-12-25(24)31/h2-6,8-9,11-14,16,18,23H,7,10,15,17,19H2,1H3,(H,33,34,37). The fourth-order valence-electron chi connectivity index (χ4n) is 4.54. The SMILES string of the molecule is Cc1ccc(-n2cc(-c3ccccc3)nc2NC(=O)CN(CC2CCCO2)C(=O)c2ccccc2Cl)cc1F. The summed E-state index contributed by atoms with van der Waals surface area (Å²) in [7, 11) is 0. The molecule has 9 heteroatoms. The van der Waals surface area contributed by atoms with Crippen LogP contribution in [-0.2, 0) is 9.53 Å². The van der Waals surface area contributed by atoms with Crippen LogP contribution in [0.1, 0.15) is 28.8 Å². The van der Waals surface area contributed by atoms with Crippen LogP contribution in [0.4, 0.5) is 10.3 Å². The maximum absolute atomic E-state index is 14.4. The molecule has 0 bridgehead atoms. The average Bonchev–Trinajstić information content (AvgIpc) is 3.60. The van der Waals surface area contributed by atoms with E-state index in [9.17, 15) is 14.0 Å². The lowest BCUT2D eigenvalue weighted by atomic mass is 10.1. The third kappa shape index (κ3) is 6.19. The van der Waals surface area contributed by atoms with Gasteiger partial charge in [0.1, 0.15) is 12.4 Å².